The Balaban J connectivity index is 1.49. The molecular formula is C17H22N4. The third-order valence-corrected chi connectivity index (χ3v) is 4.69. The SMILES string of the molecule is Cc1ccc(CCc2nnc3n2CCNC3C2CC2)cc1. The van der Waals surface area contributed by atoms with Crippen LogP contribution in [0.25, 0.3) is 0 Å². The highest BCUT2D eigenvalue weighted by atomic mass is 15.3. The van der Waals surface area contributed by atoms with Crippen LogP contribution in [0.1, 0.15) is 41.7 Å². The molecule has 0 spiro atoms. The van der Waals surface area contributed by atoms with E-state index < -0.39 is 0 Å². The first kappa shape index (κ1) is 13.0. The molecule has 1 fully saturated rings. The van der Waals surface area contributed by atoms with E-state index in [1.165, 1.54) is 29.8 Å². The van der Waals surface area contributed by atoms with Crippen LogP contribution in [-0.4, -0.2) is 21.3 Å². The molecule has 1 saturated carbocycles. The van der Waals surface area contributed by atoms with Crippen molar-refractivity contribution in [2.24, 2.45) is 5.92 Å². The molecule has 0 amide bonds. The maximum atomic E-state index is 4.48. The number of benzene rings is 1. The van der Waals surface area contributed by atoms with Gasteiger partial charge in [0.2, 0.25) is 0 Å². The zero-order chi connectivity index (χ0) is 14.2. The van der Waals surface area contributed by atoms with Gasteiger partial charge in [0.1, 0.15) is 5.82 Å². The van der Waals surface area contributed by atoms with Gasteiger partial charge in [-0.3, -0.25) is 0 Å². The molecule has 2 aromatic rings. The second-order valence-corrected chi connectivity index (χ2v) is 6.38. The lowest BCUT2D eigenvalue weighted by Gasteiger charge is -2.25. The molecule has 110 valence electrons. The van der Waals surface area contributed by atoms with Gasteiger partial charge in [-0.1, -0.05) is 29.8 Å². The zero-order valence-corrected chi connectivity index (χ0v) is 12.5. The number of nitrogens with one attached hydrogen (secondary N) is 1. The maximum Gasteiger partial charge on any atom is 0.150 e. The summed E-state index contributed by atoms with van der Waals surface area (Å²) in [7, 11) is 0. The maximum absolute atomic E-state index is 4.48. The number of aromatic nitrogens is 3. The van der Waals surface area contributed by atoms with Gasteiger partial charge in [0.25, 0.3) is 0 Å². The van der Waals surface area contributed by atoms with Crippen molar-refractivity contribution in [2.75, 3.05) is 6.54 Å². The summed E-state index contributed by atoms with van der Waals surface area (Å²) >= 11 is 0. The zero-order valence-electron chi connectivity index (χ0n) is 12.5. The fourth-order valence-electron chi connectivity index (χ4n) is 3.25. The third kappa shape index (κ3) is 2.60. The van der Waals surface area contributed by atoms with Crippen LogP contribution in [0.3, 0.4) is 0 Å². The van der Waals surface area contributed by atoms with Crippen LogP contribution in [0.5, 0.6) is 0 Å². The van der Waals surface area contributed by atoms with E-state index in [-0.39, 0.29) is 0 Å². The first-order chi connectivity index (χ1) is 10.3. The Morgan fingerprint density at radius 2 is 1.95 bits per heavy atom. The molecule has 0 radical (unpaired) electrons. The molecule has 4 rings (SSSR count). The van der Waals surface area contributed by atoms with Gasteiger partial charge < -0.3 is 9.88 Å². The highest BCUT2D eigenvalue weighted by molar-refractivity contribution is 5.22. The minimum absolute atomic E-state index is 0.444. The lowest BCUT2D eigenvalue weighted by molar-refractivity contribution is 0.376. The molecule has 1 aromatic heterocycles. The molecule has 1 aliphatic heterocycles. The van der Waals surface area contributed by atoms with E-state index in [4.69, 9.17) is 0 Å². The molecule has 1 N–H and O–H groups in total. The van der Waals surface area contributed by atoms with Crippen molar-refractivity contribution in [3.8, 4) is 0 Å². The third-order valence-electron chi connectivity index (χ3n) is 4.69. The summed E-state index contributed by atoms with van der Waals surface area (Å²) in [4.78, 5) is 0. The lowest BCUT2D eigenvalue weighted by Crippen LogP contribution is -2.35. The Bertz CT molecular complexity index is 625. The molecule has 2 heterocycles. The summed E-state index contributed by atoms with van der Waals surface area (Å²) in [5, 5.41) is 12.5. The summed E-state index contributed by atoms with van der Waals surface area (Å²) < 4.78 is 2.35. The molecule has 21 heavy (non-hydrogen) atoms. The molecule has 1 atom stereocenters. The number of fused-ring (bicyclic) bond motifs is 1. The van der Waals surface area contributed by atoms with Gasteiger partial charge >= 0.3 is 0 Å². The van der Waals surface area contributed by atoms with Crippen LogP contribution in [0.4, 0.5) is 0 Å². The largest absolute Gasteiger partial charge is 0.312 e. The molecule has 0 saturated heterocycles. The second kappa shape index (κ2) is 5.26. The van der Waals surface area contributed by atoms with Crippen LogP contribution in [0, 0.1) is 12.8 Å². The topological polar surface area (TPSA) is 42.7 Å². The normalized spacial score (nSPS) is 21.3. The van der Waals surface area contributed by atoms with Crippen LogP contribution in [0.15, 0.2) is 24.3 Å². The Morgan fingerprint density at radius 3 is 2.71 bits per heavy atom. The fourth-order valence-corrected chi connectivity index (χ4v) is 3.25. The molecule has 0 bridgehead atoms. The van der Waals surface area contributed by atoms with Crippen molar-refractivity contribution < 1.29 is 0 Å². The van der Waals surface area contributed by atoms with Crippen LogP contribution >= 0.6 is 0 Å². The van der Waals surface area contributed by atoms with E-state index in [0.717, 1.165) is 37.7 Å². The quantitative estimate of drug-likeness (QED) is 0.936. The van der Waals surface area contributed by atoms with Crippen LogP contribution in [0.2, 0.25) is 0 Å². The number of rotatable bonds is 4. The summed E-state index contributed by atoms with van der Waals surface area (Å²) in [6.45, 7) is 4.18. The van der Waals surface area contributed by atoms with Gasteiger partial charge in [0.15, 0.2) is 5.82 Å². The Labute approximate surface area is 125 Å². The molecule has 4 heteroatoms. The number of nitrogens with zero attached hydrogens (tertiary/aromatic N) is 3. The fraction of sp³-hybridized carbons (Fsp3) is 0.529. The van der Waals surface area contributed by atoms with Crippen molar-refractivity contribution in [1.29, 1.82) is 0 Å². The van der Waals surface area contributed by atoms with Gasteiger partial charge in [0.05, 0.1) is 6.04 Å². The number of hydrogen-bond acceptors (Lipinski definition) is 3. The minimum Gasteiger partial charge on any atom is -0.312 e. The summed E-state index contributed by atoms with van der Waals surface area (Å²) in [6, 6.07) is 9.25. The first-order valence-electron chi connectivity index (χ1n) is 8.02. The van der Waals surface area contributed by atoms with Gasteiger partial charge in [-0.15, -0.1) is 10.2 Å². The van der Waals surface area contributed by atoms with Gasteiger partial charge in [-0.25, -0.2) is 0 Å². The van der Waals surface area contributed by atoms with Crippen LogP contribution < -0.4 is 5.32 Å². The smallest absolute Gasteiger partial charge is 0.150 e. The minimum atomic E-state index is 0.444. The van der Waals surface area contributed by atoms with Crippen molar-refractivity contribution in [3.63, 3.8) is 0 Å². The van der Waals surface area contributed by atoms with Gasteiger partial charge in [-0.2, -0.15) is 0 Å². The van der Waals surface area contributed by atoms with Crippen molar-refractivity contribution >= 4 is 0 Å². The van der Waals surface area contributed by atoms with Crippen molar-refractivity contribution in [1.82, 2.24) is 20.1 Å². The predicted molar refractivity (Wildman–Crippen MR) is 82.1 cm³/mol. The van der Waals surface area contributed by atoms with E-state index in [0.29, 0.717) is 6.04 Å². The standard InChI is InChI=1S/C17H22N4/c1-12-2-4-13(5-3-12)6-9-15-19-20-17-16(14-7-8-14)18-10-11-21(15)17/h2-5,14,16,18H,6-11H2,1H3. The number of hydrogen-bond donors (Lipinski definition) is 1. The molecule has 2 aliphatic rings. The second-order valence-electron chi connectivity index (χ2n) is 6.38. The average molecular weight is 282 g/mol. The predicted octanol–water partition coefficient (Wildman–Crippen LogP) is 2.43. The molecule has 1 aliphatic carbocycles. The Morgan fingerprint density at radius 1 is 1.14 bits per heavy atom. The average Bonchev–Trinajstić information content (AvgIpc) is 3.27. The van der Waals surface area contributed by atoms with E-state index >= 15 is 0 Å². The van der Waals surface area contributed by atoms with Crippen molar-refractivity contribution in [2.45, 2.75) is 45.2 Å². The van der Waals surface area contributed by atoms with E-state index in [2.05, 4.69) is 51.3 Å². The van der Waals surface area contributed by atoms with Crippen LogP contribution in [-0.2, 0) is 19.4 Å². The highest BCUT2D eigenvalue weighted by Crippen LogP contribution is 2.41. The molecular weight excluding hydrogens is 260 g/mol. The molecule has 1 unspecified atom stereocenters. The van der Waals surface area contributed by atoms with E-state index in [1.807, 2.05) is 0 Å². The summed E-state index contributed by atoms with van der Waals surface area (Å²) in [5.74, 6) is 3.11. The molecule has 1 aromatic carbocycles. The van der Waals surface area contributed by atoms with E-state index in [1.54, 1.807) is 0 Å². The van der Waals surface area contributed by atoms with Crippen molar-refractivity contribution in [3.05, 3.63) is 47.0 Å². The highest BCUT2D eigenvalue weighted by Gasteiger charge is 2.37. The summed E-state index contributed by atoms with van der Waals surface area (Å²) in [5.41, 5.74) is 2.70. The first-order valence-corrected chi connectivity index (χ1v) is 8.02. The Hall–Kier alpha value is -1.68. The summed E-state index contributed by atoms with van der Waals surface area (Å²) in [6.07, 6.45) is 4.69. The number of aryl methyl sites for hydroxylation is 3. The van der Waals surface area contributed by atoms with Gasteiger partial charge in [-0.05, 0) is 37.7 Å². The monoisotopic (exact) mass is 282 g/mol. The molecule has 4 nitrogen and oxygen atoms in total. The lowest BCUT2D eigenvalue weighted by atomic mass is 10.1. The van der Waals surface area contributed by atoms with E-state index in [9.17, 15) is 0 Å². The Kier molecular flexibility index (Phi) is 3.26. The van der Waals surface area contributed by atoms with Gasteiger partial charge in [0, 0.05) is 19.5 Å².